The molecule has 8 rings (SSSR count). The van der Waals surface area contributed by atoms with Gasteiger partial charge in [-0.05, 0) is 83.1 Å². The van der Waals surface area contributed by atoms with Crippen LogP contribution in [0, 0.1) is 11.3 Å². The fourth-order valence-corrected chi connectivity index (χ4v) is 9.59. The van der Waals surface area contributed by atoms with Gasteiger partial charge in [-0.15, -0.1) is 11.3 Å². The van der Waals surface area contributed by atoms with Crippen LogP contribution in [0.4, 0.5) is 5.69 Å². The summed E-state index contributed by atoms with van der Waals surface area (Å²) in [4.78, 5) is 2.57. The fourth-order valence-electron chi connectivity index (χ4n) is 8.49. The number of nitriles is 1. The summed E-state index contributed by atoms with van der Waals surface area (Å²) < 4.78 is 2.60. The third-order valence-electron chi connectivity index (χ3n) is 10.7. The molecule has 0 saturated carbocycles. The minimum Gasteiger partial charge on any atom is -0.354 e. The molecule has 220 valence electrons. The summed E-state index contributed by atoms with van der Waals surface area (Å²) in [7, 11) is 0. The minimum absolute atomic E-state index is 0.0239. The van der Waals surface area contributed by atoms with Gasteiger partial charge >= 0.3 is 0 Å². The number of nitrogens with zero attached hydrogens (tertiary/aromatic N) is 2. The predicted molar refractivity (Wildman–Crippen MR) is 192 cm³/mol. The third kappa shape index (κ3) is 3.85. The number of hydrogen-bond donors (Lipinski definition) is 0. The van der Waals surface area contributed by atoms with Gasteiger partial charge in [-0.3, -0.25) is 0 Å². The second-order valence-electron chi connectivity index (χ2n) is 13.5. The van der Waals surface area contributed by atoms with Crippen molar-refractivity contribution < 1.29 is 0 Å². The molecule has 4 aromatic carbocycles. The Balaban J connectivity index is 1.34. The molecule has 0 spiro atoms. The Morgan fingerprint density at radius 1 is 0.911 bits per heavy atom. The zero-order valence-corrected chi connectivity index (χ0v) is 27.1. The van der Waals surface area contributed by atoms with Crippen molar-refractivity contribution in [1.82, 2.24) is 0 Å². The molecule has 2 heterocycles. The molecule has 0 N–H and O–H groups in total. The van der Waals surface area contributed by atoms with Crippen LogP contribution in [-0.2, 0) is 5.41 Å². The molecule has 2 nitrogen and oxygen atoms in total. The molecule has 2 unspecified atom stereocenters. The summed E-state index contributed by atoms with van der Waals surface area (Å²) in [6.07, 6.45) is 11.2. The molecule has 1 aromatic heterocycles. The van der Waals surface area contributed by atoms with E-state index in [4.69, 9.17) is 0 Å². The number of allylic oxidation sites excluding steroid dienone is 4. The molecule has 0 saturated heterocycles. The molecule has 3 aliphatic rings. The van der Waals surface area contributed by atoms with E-state index >= 15 is 0 Å². The maximum Gasteiger partial charge on any atom is 0.0995 e. The molecule has 0 fully saturated rings. The van der Waals surface area contributed by atoms with E-state index in [0.29, 0.717) is 5.92 Å². The molecule has 2 aliphatic carbocycles. The Morgan fingerprint density at radius 3 is 2.51 bits per heavy atom. The van der Waals surface area contributed by atoms with E-state index in [1.165, 1.54) is 53.7 Å². The Hall–Kier alpha value is -4.65. The summed E-state index contributed by atoms with van der Waals surface area (Å²) in [6.45, 7) is 13.3. The molecular formula is C42H36N2S. The second kappa shape index (κ2) is 9.93. The van der Waals surface area contributed by atoms with Gasteiger partial charge in [0.1, 0.15) is 0 Å². The van der Waals surface area contributed by atoms with Gasteiger partial charge in [-0.2, -0.15) is 5.26 Å². The number of fused-ring (bicyclic) bond motifs is 7. The van der Waals surface area contributed by atoms with Crippen LogP contribution in [0.25, 0.3) is 36.9 Å². The smallest absolute Gasteiger partial charge is 0.0995 e. The maximum atomic E-state index is 10.5. The molecule has 3 heteroatoms. The van der Waals surface area contributed by atoms with Crippen LogP contribution >= 0.6 is 11.3 Å². The van der Waals surface area contributed by atoms with E-state index in [-0.39, 0.29) is 11.5 Å². The van der Waals surface area contributed by atoms with E-state index < -0.39 is 5.54 Å². The van der Waals surface area contributed by atoms with E-state index in [1.807, 2.05) is 23.5 Å². The Bertz CT molecular complexity index is 2200. The maximum absolute atomic E-state index is 10.5. The first-order valence-corrected chi connectivity index (χ1v) is 16.7. The zero-order valence-electron chi connectivity index (χ0n) is 26.3. The largest absolute Gasteiger partial charge is 0.354 e. The van der Waals surface area contributed by atoms with Crippen molar-refractivity contribution in [2.24, 2.45) is 0 Å². The third-order valence-corrected chi connectivity index (χ3v) is 11.8. The van der Waals surface area contributed by atoms with E-state index in [0.717, 1.165) is 23.1 Å². The molecule has 5 aromatic rings. The van der Waals surface area contributed by atoms with Gasteiger partial charge in [0.15, 0.2) is 0 Å². The lowest BCUT2D eigenvalue weighted by molar-refractivity contribution is 0.487. The highest BCUT2D eigenvalue weighted by atomic mass is 32.1. The lowest BCUT2D eigenvalue weighted by atomic mass is 9.75. The average Bonchev–Trinajstić information content (AvgIpc) is 3.64. The quantitative estimate of drug-likeness (QED) is 0.192. The van der Waals surface area contributed by atoms with Crippen molar-refractivity contribution in [3.05, 3.63) is 144 Å². The van der Waals surface area contributed by atoms with Gasteiger partial charge in [0, 0.05) is 42.8 Å². The first-order valence-electron chi connectivity index (χ1n) is 15.9. The SMILES string of the molecule is C=C/C=C\C1C(C)c2ccccc2N1[C@]1(C)CC=CC(C#N)=C1c1ccc2sc3cc4c(cc3c2c1)-c1ccccc1C4(C)C. The van der Waals surface area contributed by atoms with Crippen LogP contribution in [0.15, 0.2) is 121 Å². The monoisotopic (exact) mass is 600 g/mol. The lowest BCUT2D eigenvalue weighted by Crippen LogP contribution is -2.52. The average molecular weight is 601 g/mol. The van der Waals surface area contributed by atoms with Gasteiger partial charge in [-0.1, -0.05) is 100 Å². The van der Waals surface area contributed by atoms with Crippen LogP contribution in [0.5, 0.6) is 0 Å². The molecule has 0 bridgehead atoms. The van der Waals surface area contributed by atoms with Crippen molar-refractivity contribution in [1.29, 1.82) is 5.26 Å². The number of thiophene rings is 1. The molecule has 1 aliphatic heterocycles. The minimum atomic E-state index is -0.430. The fraction of sp³-hybridized carbons (Fsp3) is 0.214. The summed E-state index contributed by atoms with van der Waals surface area (Å²) in [5.74, 6) is 0.310. The van der Waals surface area contributed by atoms with Gasteiger partial charge in [0.25, 0.3) is 0 Å². The zero-order chi connectivity index (χ0) is 31.1. The Morgan fingerprint density at radius 2 is 1.69 bits per heavy atom. The van der Waals surface area contributed by atoms with Gasteiger partial charge < -0.3 is 4.90 Å². The molecule has 0 amide bonds. The summed E-state index contributed by atoms with van der Waals surface area (Å²) in [5, 5.41) is 13.1. The predicted octanol–water partition coefficient (Wildman–Crippen LogP) is 11.1. The van der Waals surface area contributed by atoms with Gasteiger partial charge in [-0.25, -0.2) is 0 Å². The van der Waals surface area contributed by atoms with Crippen molar-refractivity contribution in [3.63, 3.8) is 0 Å². The molecule has 3 atom stereocenters. The topological polar surface area (TPSA) is 27.0 Å². The van der Waals surface area contributed by atoms with E-state index in [1.54, 1.807) is 0 Å². The number of hydrogen-bond acceptors (Lipinski definition) is 3. The Labute approximate surface area is 269 Å². The van der Waals surface area contributed by atoms with Crippen LogP contribution < -0.4 is 4.90 Å². The highest BCUT2D eigenvalue weighted by molar-refractivity contribution is 7.25. The van der Waals surface area contributed by atoms with Crippen LogP contribution in [0.3, 0.4) is 0 Å². The van der Waals surface area contributed by atoms with Crippen molar-refractivity contribution in [3.8, 4) is 17.2 Å². The second-order valence-corrected chi connectivity index (χ2v) is 14.6. The number of benzene rings is 4. The summed E-state index contributed by atoms with van der Waals surface area (Å²) in [5.41, 5.74) is 10.6. The number of rotatable bonds is 4. The van der Waals surface area contributed by atoms with Crippen molar-refractivity contribution in [2.75, 3.05) is 4.90 Å². The molecule has 0 radical (unpaired) electrons. The number of anilines is 1. The van der Waals surface area contributed by atoms with E-state index in [9.17, 15) is 5.26 Å². The normalized spacial score (nSPS) is 23.0. The van der Waals surface area contributed by atoms with Crippen molar-refractivity contribution >= 4 is 42.8 Å². The Kier molecular flexibility index (Phi) is 6.15. The van der Waals surface area contributed by atoms with E-state index in [2.05, 4.69) is 142 Å². The first-order chi connectivity index (χ1) is 21.8. The van der Waals surface area contributed by atoms with Crippen molar-refractivity contribution in [2.45, 2.75) is 57.0 Å². The summed E-state index contributed by atoms with van der Waals surface area (Å²) in [6, 6.07) is 32.1. The standard InChI is InChI=1S/C42H36N2S/c1-6-7-17-36-26(2)29-14-9-11-18-37(29)44(36)42(5)21-12-13-28(25-43)40(42)27-19-20-38-32(22-27)33-23-31-30-15-8-10-16-34(30)41(3,4)35(31)24-39(33)45-38/h6-20,22-24,26,36H,1,21H2,2-5H3/b17-7-/t26?,36?,42-/m1/s1. The molecule has 45 heavy (non-hydrogen) atoms. The number of para-hydroxylation sites is 1. The first kappa shape index (κ1) is 27.9. The lowest BCUT2D eigenvalue weighted by Gasteiger charge is -2.47. The van der Waals surface area contributed by atoms with Gasteiger partial charge in [0.2, 0.25) is 0 Å². The van der Waals surface area contributed by atoms with Gasteiger partial charge in [0.05, 0.1) is 23.2 Å². The molecular weight excluding hydrogens is 565 g/mol. The van der Waals surface area contributed by atoms with Crippen LogP contribution in [0.1, 0.15) is 62.3 Å². The highest BCUT2D eigenvalue weighted by Gasteiger charge is 2.47. The van der Waals surface area contributed by atoms with Crippen LogP contribution in [0.2, 0.25) is 0 Å². The highest BCUT2D eigenvalue weighted by Crippen LogP contribution is 2.54. The summed E-state index contributed by atoms with van der Waals surface area (Å²) >= 11 is 1.87. The van der Waals surface area contributed by atoms with Crippen LogP contribution in [-0.4, -0.2) is 11.6 Å².